The van der Waals surface area contributed by atoms with Crippen molar-refractivity contribution in [3.63, 3.8) is 0 Å². The van der Waals surface area contributed by atoms with Gasteiger partial charge in [-0.05, 0) is 47.9 Å². The van der Waals surface area contributed by atoms with Gasteiger partial charge in [-0.3, -0.25) is 4.72 Å². The third-order valence-electron chi connectivity index (χ3n) is 9.42. The number of rotatable bonds is 22. The first-order valence-corrected chi connectivity index (χ1v) is 20.5. The molecule has 0 unspecified atom stereocenters. The van der Waals surface area contributed by atoms with E-state index in [0.29, 0.717) is 50.0 Å². The van der Waals surface area contributed by atoms with Crippen molar-refractivity contribution in [2.45, 2.75) is 148 Å². The molecule has 0 saturated carbocycles. The zero-order valence-corrected chi connectivity index (χ0v) is 35.3. The van der Waals surface area contributed by atoms with Gasteiger partial charge in [-0.1, -0.05) is 125 Å². The summed E-state index contributed by atoms with van der Waals surface area (Å²) in [5.41, 5.74) is 7.63. The molecule has 302 valence electrons. The molecule has 0 radical (unpaired) electrons. The van der Waals surface area contributed by atoms with Crippen molar-refractivity contribution in [2.75, 3.05) is 48.3 Å². The quantitative estimate of drug-likeness (QED) is 0.0611. The Morgan fingerprint density at radius 1 is 0.827 bits per heavy atom. The van der Waals surface area contributed by atoms with E-state index >= 15 is 0 Å². The minimum Gasteiger partial charge on any atom is -0.506 e. The van der Waals surface area contributed by atoms with Gasteiger partial charge < -0.3 is 30.7 Å². The maximum absolute atomic E-state index is 13.9. The molecular weight excluding hydrogens is 721 g/mol. The number of aromatic hydroxyl groups is 1. The van der Waals surface area contributed by atoms with Crippen LogP contribution in [0.2, 0.25) is 0 Å². The van der Waals surface area contributed by atoms with Crippen LogP contribution in [0.5, 0.6) is 11.5 Å². The van der Waals surface area contributed by atoms with Crippen molar-refractivity contribution in [1.82, 2.24) is 0 Å². The van der Waals surface area contributed by atoms with Crippen molar-refractivity contribution in [3.8, 4) is 11.5 Å². The van der Waals surface area contributed by atoms with Gasteiger partial charge in [0.15, 0.2) is 0 Å². The van der Waals surface area contributed by atoms with Gasteiger partial charge in [0.1, 0.15) is 16.4 Å². The molecule has 2 aromatic carbocycles. The molecule has 52 heavy (non-hydrogen) atoms. The van der Waals surface area contributed by atoms with Crippen LogP contribution in [-0.2, 0) is 20.2 Å². The number of benzene rings is 2. The molecule has 3 rings (SSSR count). The summed E-state index contributed by atoms with van der Waals surface area (Å²) in [7, 11) is -4.11. The average Bonchev–Trinajstić information content (AvgIpc) is 3.03. The number of sulfonamides is 1. The number of ether oxygens (including phenoxy) is 2. The van der Waals surface area contributed by atoms with E-state index in [1.54, 1.807) is 24.3 Å². The first kappa shape index (κ1) is 49.9. The predicted octanol–water partition coefficient (Wildman–Crippen LogP) is 10.2. The number of hydrogen-bond donors (Lipinski definition) is 3. The number of nitrogens with zero attached hydrogens (tertiary/aromatic N) is 1. The number of anilines is 3. The van der Waals surface area contributed by atoms with Gasteiger partial charge in [-0.2, -0.15) is 0 Å². The summed E-state index contributed by atoms with van der Waals surface area (Å²) in [4.78, 5) is 2.05. The van der Waals surface area contributed by atoms with Gasteiger partial charge in [0, 0.05) is 30.4 Å². The van der Waals surface area contributed by atoms with Crippen LogP contribution in [0.4, 0.5) is 17.1 Å². The smallest absolute Gasteiger partial charge is 0.264 e. The highest BCUT2D eigenvalue weighted by atomic mass is 35.5. The van der Waals surface area contributed by atoms with Crippen molar-refractivity contribution in [1.29, 1.82) is 0 Å². The van der Waals surface area contributed by atoms with Gasteiger partial charge in [0.05, 0.1) is 31.2 Å². The van der Waals surface area contributed by atoms with Crippen LogP contribution in [0, 0.1) is 5.41 Å². The Bertz CT molecular complexity index is 1400. The summed E-state index contributed by atoms with van der Waals surface area (Å²) in [5, 5.41) is 11.2. The lowest BCUT2D eigenvalue weighted by Gasteiger charge is -2.34. The normalized spacial score (nSPS) is 13.5. The highest BCUT2D eigenvalue weighted by molar-refractivity contribution is 7.93. The van der Waals surface area contributed by atoms with Crippen LogP contribution in [-0.4, -0.2) is 51.9 Å². The first-order valence-electron chi connectivity index (χ1n) is 19.0. The van der Waals surface area contributed by atoms with Crippen LogP contribution >= 0.6 is 24.8 Å². The van der Waals surface area contributed by atoms with E-state index in [1.165, 1.54) is 83.1 Å². The Kier molecular flexibility index (Phi) is 23.3. The van der Waals surface area contributed by atoms with Crippen molar-refractivity contribution in [2.24, 2.45) is 5.41 Å². The fourth-order valence-electron chi connectivity index (χ4n) is 7.21. The minimum atomic E-state index is -4.11. The number of nitrogens with one attached hydrogen (secondary N) is 1. The zero-order valence-electron chi connectivity index (χ0n) is 32.9. The minimum absolute atomic E-state index is 0. The molecule has 9 nitrogen and oxygen atoms in total. The van der Waals surface area contributed by atoms with E-state index < -0.39 is 10.0 Å². The van der Waals surface area contributed by atoms with Crippen molar-refractivity contribution < 1.29 is 28.5 Å². The summed E-state index contributed by atoms with van der Waals surface area (Å²) < 4.78 is 42.3. The first-order chi connectivity index (χ1) is 23.2. The van der Waals surface area contributed by atoms with Crippen molar-refractivity contribution in [3.05, 3.63) is 35.9 Å². The number of halogens is 2. The van der Waals surface area contributed by atoms with Gasteiger partial charge >= 0.3 is 0 Å². The molecule has 0 atom stereocenters. The number of nitrogens with two attached hydrogens (primary N) is 1. The Hall–Kier alpha value is -2.11. The standard InChI is InChI=1S/C40H67N3O5S.2ClH.H2O/c1-7-8-9-10-11-12-13-14-15-16-17-18-19-20-25-48-37-30-34(36(44)29-33(37)40(5,6)31-39(2,3)4)42-49(45,46)38-28-32(41)21-22-35(38)43-23-26-47-27-24-43;;;/h21-22,28-30,42,44H,7-20,23-27,31,41H2,1-6H3;2*1H;1H2. The van der Waals surface area contributed by atoms with E-state index in [1.807, 2.05) is 4.90 Å². The molecule has 0 aliphatic carbocycles. The molecule has 6 N–H and O–H groups in total. The van der Waals surface area contributed by atoms with E-state index in [2.05, 4.69) is 46.3 Å². The molecule has 0 amide bonds. The van der Waals surface area contributed by atoms with Crippen LogP contribution < -0.4 is 20.1 Å². The lowest BCUT2D eigenvalue weighted by atomic mass is 9.72. The monoisotopic (exact) mass is 791 g/mol. The molecule has 1 saturated heterocycles. The highest BCUT2D eigenvalue weighted by Gasteiger charge is 2.32. The Labute approximate surface area is 328 Å². The van der Waals surface area contributed by atoms with Crippen LogP contribution in [0.3, 0.4) is 0 Å². The Balaban J connectivity index is 0.00000867. The fourth-order valence-corrected chi connectivity index (χ4v) is 8.54. The number of phenols is 1. The molecular formula is C40H71Cl2N3O6S. The second-order valence-electron chi connectivity index (χ2n) is 15.9. The molecule has 1 heterocycles. The summed E-state index contributed by atoms with van der Waals surface area (Å²) >= 11 is 0. The van der Waals surface area contributed by atoms with E-state index in [4.69, 9.17) is 15.2 Å². The third-order valence-corrected chi connectivity index (χ3v) is 10.8. The zero-order chi connectivity index (χ0) is 35.9. The van der Waals surface area contributed by atoms with Crippen molar-refractivity contribution >= 4 is 51.9 Å². The maximum Gasteiger partial charge on any atom is 0.264 e. The highest BCUT2D eigenvalue weighted by Crippen LogP contribution is 2.45. The molecule has 0 bridgehead atoms. The average molecular weight is 793 g/mol. The summed E-state index contributed by atoms with van der Waals surface area (Å²) in [6.07, 6.45) is 18.9. The van der Waals surface area contributed by atoms with E-state index in [9.17, 15) is 13.5 Å². The van der Waals surface area contributed by atoms with Gasteiger partial charge in [-0.15, -0.1) is 24.8 Å². The number of hydrogen-bond acceptors (Lipinski definition) is 7. The largest absolute Gasteiger partial charge is 0.506 e. The number of phenolic OH excluding ortho intramolecular Hbond substituents is 1. The second-order valence-corrected chi connectivity index (χ2v) is 17.5. The molecule has 12 heteroatoms. The topological polar surface area (TPSA) is 146 Å². The fraction of sp³-hybridized carbons (Fsp3) is 0.700. The van der Waals surface area contributed by atoms with Gasteiger partial charge in [0.2, 0.25) is 0 Å². The number of nitrogen functional groups attached to an aromatic ring is 1. The summed E-state index contributed by atoms with van der Waals surface area (Å²) in [6, 6.07) is 8.23. The van der Waals surface area contributed by atoms with Gasteiger partial charge in [-0.25, -0.2) is 8.42 Å². The molecule has 1 aliphatic heterocycles. The lowest BCUT2D eigenvalue weighted by Crippen LogP contribution is -2.37. The van der Waals surface area contributed by atoms with E-state index in [-0.39, 0.29) is 57.5 Å². The molecule has 1 fully saturated rings. The predicted molar refractivity (Wildman–Crippen MR) is 224 cm³/mol. The van der Waals surface area contributed by atoms with Crippen LogP contribution in [0.1, 0.15) is 143 Å². The lowest BCUT2D eigenvalue weighted by molar-refractivity contribution is 0.122. The second kappa shape index (κ2) is 24.3. The van der Waals surface area contributed by atoms with Crippen LogP contribution in [0.25, 0.3) is 0 Å². The molecule has 0 spiro atoms. The third kappa shape index (κ3) is 16.9. The maximum atomic E-state index is 13.9. The van der Waals surface area contributed by atoms with Gasteiger partial charge in [0.25, 0.3) is 10.0 Å². The number of unbranched alkanes of at least 4 members (excludes halogenated alkanes) is 13. The SMILES string of the molecule is CCCCCCCCCCCCCCCCOc1cc(NS(=O)(=O)c2cc(N)ccc2N2CCOCC2)c(O)cc1C(C)(C)CC(C)(C)C.Cl.Cl.O. The summed E-state index contributed by atoms with van der Waals surface area (Å²) in [6.45, 7) is 15.9. The Morgan fingerprint density at radius 3 is 1.87 bits per heavy atom. The number of morpholine rings is 1. The molecule has 2 aromatic rings. The van der Waals surface area contributed by atoms with E-state index in [0.717, 1.165) is 24.8 Å². The molecule has 0 aromatic heterocycles. The Morgan fingerprint density at radius 2 is 1.35 bits per heavy atom. The molecule has 1 aliphatic rings. The van der Waals surface area contributed by atoms with Crippen LogP contribution in [0.15, 0.2) is 35.2 Å². The summed E-state index contributed by atoms with van der Waals surface area (Å²) in [5.74, 6) is 0.460.